The van der Waals surface area contributed by atoms with Gasteiger partial charge in [0.15, 0.2) is 6.61 Å². The van der Waals surface area contributed by atoms with E-state index in [1.807, 2.05) is 0 Å². The molecule has 7 heteroatoms. The van der Waals surface area contributed by atoms with Crippen molar-refractivity contribution in [2.45, 2.75) is 50.1 Å². The first-order valence-electron chi connectivity index (χ1n) is 8.94. The Kier molecular flexibility index (Phi) is 4.06. The van der Waals surface area contributed by atoms with Crippen molar-refractivity contribution in [1.29, 1.82) is 0 Å². The molecule has 2 bridgehead atoms. The summed E-state index contributed by atoms with van der Waals surface area (Å²) in [7, 11) is 0. The summed E-state index contributed by atoms with van der Waals surface area (Å²) in [4.78, 5) is 24.0. The van der Waals surface area contributed by atoms with Crippen LogP contribution in [0.3, 0.4) is 0 Å². The van der Waals surface area contributed by atoms with Gasteiger partial charge < -0.3 is 20.1 Å². The minimum absolute atomic E-state index is 0.0373. The van der Waals surface area contributed by atoms with Crippen LogP contribution in [0.5, 0.6) is 5.75 Å². The number of hydrogen-bond acceptors (Lipinski definition) is 4. The molecule has 5 rings (SSSR count). The zero-order valence-corrected chi connectivity index (χ0v) is 15.5. The molecule has 0 unspecified atom stereocenters. The third-order valence-corrected chi connectivity index (χ3v) is 5.89. The lowest BCUT2D eigenvalue weighted by Gasteiger charge is -2.70. The molecule has 0 aliphatic heterocycles. The van der Waals surface area contributed by atoms with Crippen LogP contribution in [0.25, 0.3) is 0 Å². The summed E-state index contributed by atoms with van der Waals surface area (Å²) in [5.41, 5.74) is -0.210. The van der Waals surface area contributed by atoms with Crippen LogP contribution in [0.2, 0.25) is 5.02 Å². The van der Waals surface area contributed by atoms with Gasteiger partial charge in [-0.15, -0.1) is 0 Å². The number of halogens is 1. The topological polar surface area (TPSA) is 76.7 Å². The van der Waals surface area contributed by atoms with Gasteiger partial charge in [0, 0.05) is 16.0 Å². The van der Waals surface area contributed by atoms with Crippen molar-refractivity contribution in [3.05, 3.63) is 29.3 Å². The molecule has 140 valence electrons. The van der Waals surface area contributed by atoms with Crippen LogP contribution in [0.4, 0.5) is 4.79 Å². The fraction of sp³-hybridized carbons (Fsp3) is 0.579. The maximum Gasteiger partial charge on any atom is 0.407 e. The predicted octanol–water partition coefficient (Wildman–Crippen LogP) is 3.04. The van der Waals surface area contributed by atoms with Crippen LogP contribution in [0, 0.1) is 5.41 Å². The highest BCUT2D eigenvalue weighted by molar-refractivity contribution is 6.30. The van der Waals surface area contributed by atoms with E-state index in [0.717, 1.165) is 32.1 Å². The fourth-order valence-corrected chi connectivity index (χ4v) is 4.04. The van der Waals surface area contributed by atoms with Crippen molar-refractivity contribution >= 4 is 23.6 Å². The Balaban J connectivity index is 1.16. The normalized spacial score (nSPS) is 29.6. The van der Waals surface area contributed by atoms with Crippen LogP contribution in [0.15, 0.2) is 24.3 Å². The molecule has 0 saturated heterocycles. The lowest BCUT2D eigenvalue weighted by molar-refractivity contribution is -0.141. The Morgan fingerprint density at radius 3 is 2.31 bits per heavy atom. The third kappa shape index (κ3) is 3.61. The summed E-state index contributed by atoms with van der Waals surface area (Å²) in [6, 6.07) is 6.88. The van der Waals surface area contributed by atoms with E-state index >= 15 is 0 Å². The van der Waals surface area contributed by atoms with Crippen LogP contribution in [0.1, 0.15) is 39.0 Å². The Bertz CT molecular complexity index is 710. The summed E-state index contributed by atoms with van der Waals surface area (Å²) < 4.78 is 10.8. The number of carbonyl (C=O) groups excluding carboxylic acids is 2. The van der Waals surface area contributed by atoms with Crippen molar-refractivity contribution in [2.75, 3.05) is 13.2 Å². The van der Waals surface area contributed by atoms with E-state index < -0.39 is 0 Å². The Morgan fingerprint density at radius 2 is 1.69 bits per heavy atom. The zero-order chi connectivity index (χ0) is 18.4. The van der Waals surface area contributed by atoms with Gasteiger partial charge in [0.1, 0.15) is 5.75 Å². The number of carbonyl (C=O) groups is 2. The second kappa shape index (κ2) is 6.05. The molecule has 0 heterocycles. The molecule has 0 radical (unpaired) electrons. The van der Waals surface area contributed by atoms with E-state index in [4.69, 9.17) is 21.1 Å². The van der Waals surface area contributed by atoms with Crippen LogP contribution in [-0.2, 0) is 9.53 Å². The van der Waals surface area contributed by atoms with E-state index in [2.05, 4.69) is 17.6 Å². The summed E-state index contributed by atoms with van der Waals surface area (Å²) in [6.45, 7) is 2.57. The number of benzene rings is 1. The highest BCUT2D eigenvalue weighted by atomic mass is 35.5. The van der Waals surface area contributed by atoms with Crippen molar-refractivity contribution in [1.82, 2.24) is 10.6 Å². The van der Waals surface area contributed by atoms with Crippen LogP contribution >= 0.6 is 11.6 Å². The van der Waals surface area contributed by atoms with Gasteiger partial charge >= 0.3 is 6.09 Å². The average Bonchev–Trinajstić information content (AvgIpc) is 3.27. The summed E-state index contributed by atoms with van der Waals surface area (Å²) in [5.74, 6) is 0.449. The molecule has 26 heavy (non-hydrogen) atoms. The lowest BCUT2D eigenvalue weighted by Crippen LogP contribution is -2.84. The molecule has 4 saturated carbocycles. The van der Waals surface area contributed by atoms with E-state index in [-0.39, 0.29) is 35.1 Å². The molecule has 6 nitrogen and oxygen atoms in total. The molecule has 1 aromatic carbocycles. The molecule has 0 aromatic heterocycles. The highest BCUT2D eigenvalue weighted by Crippen LogP contribution is 2.60. The molecule has 2 amide bonds. The lowest BCUT2D eigenvalue weighted by atomic mass is 9.44. The molecule has 4 aliphatic rings. The molecule has 2 N–H and O–H groups in total. The Morgan fingerprint density at radius 1 is 1.08 bits per heavy atom. The molecular formula is C19H23ClN2O4. The van der Waals surface area contributed by atoms with Gasteiger partial charge in [-0.1, -0.05) is 18.5 Å². The van der Waals surface area contributed by atoms with Gasteiger partial charge in [-0.25, -0.2) is 4.79 Å². The van der Waals surface area contributed by atoms with Gasteiger partial charge in [0.05, 0.1) is 12.1 Å². The number of hydrogen-bond donors (Lipinski definition) is 2. The number of rotatable bonds is 7. The first-order chi connectivity index (χ1) is 12.3. The van der Waals surface area contributed by atoms with Gasteiger partial charge in [0.2, 0.25) is 0 Å². The predicted molar refractivity (Wildman–Crippen MR) is 96.2 cm³/mol. The first-order valence-corrected chi connectivity index (χ1v) is 9.32. The second-order valence-corrected chi connectivity index (χ2v) is 8.83. The largest absolute Gasteiger partial charge is 0.484 e. The third-order valence-electron chi connectivity index (χ3n) is 5.64. The van der Waals surface area contributed by atoms with E-state index in [0.29, 0.717) is 17.4 Å². The van der Waals surface area contributed by atoms with Crippen molar-refractivity contribution in [3.8, 4) is 5.75 Å². The number of ether oxygens (including phenoxy) is 2. The number of nitrogens with one attached hydrogen (secondary N) is 2. The summed E-state index contributed by atoms with van der Waals surface area (Å²) in [5, 5.41) is 6.61. The number of amides is 2. The van der Waals surface area contributed by atoms with E-state index in [9.17, 15) is 9.59 Å². The molecule has 0 spiro atoms. The van der Waals surface area contributed by atoms with Crippen LogP contribution in [-0.4, -0.2) is 36.3 Å². The van der Waals surface area contributed by atoms with Crippen molar-refractivity contribution in [3.63, 3.8) is 0 Å². The monoisotopic (exact) mass is 378 g/mol. The minimum atomic E-state index is -0.344. The smallest absolute Gasteiger partial charge is 0.407 e. The maximum absolute atomic E-state index is 12.1. The first kappa shape index (κ1) is 17.5. The molecule has 4 aliphatic carbocycles. The quantitative estimate of drug-likeness (QED) is 0.764. The zero-order valence-electron chi connectivity index (χ0n) is 14.8. The maximum atomic E-state index is 12.1. The van der Waals surface area contributed by atoms with Gasteiger partial charge in [-0.2, -0.15) is 0 Å². The minimum Gasteiger partial charge on any atom is -0.484 e. The van der Waals surface area contributed by atoms with Gasteiger partial charge in [-0.05, 0) is 56.4 Å². The standard InChI is InChI=1S/C19H23ClN2O4/c1-17(6-7-17)12-26-16(24)22-19-9-18(10-19,11-19)21-15(23)8-25-14-4-2-13(20)3-5-14/h2-5H,6-12H2,1H3,(H,21,23)(H,22,24). The summed E-state index contributed by atoms with van der Waals surface area (Å²) in [6.07, 6.45) is 4.15. The molecular weight excluding hydrogens is 356 g/mol. The van der Waals surface area contributed by atoms with Crippen molar-refractivity contribution in [2.24, 2.45) is 5.41 Å². The second-order valence-electron chi connectivity index (χ2n) is 8.39. The average molecular weight is 379 g/mol. The highest BCUT2D eigenvalue weighted by Gasteiger charge is 2.69. The van der Waals surface area contributed by atoms with Gasteiger partial charge in [-0.3, -0.25) is 4.79 Å². The molecule has 4 fully saturated rings. The molecule has 0 atom stereocenters. The van der Waals surface area contributed by atoms with E-state index in [1.54, 1.807) is 24.3 Å². The van der Waals surface area contributed by atoms with Gasteiger partial charge in [0.25, 0.3) is 5.91 Å². The number of alkyl carbamates (subject to hydrolysis) is 1. The Hall–Kier alpha value is -1.95. The molecule has 1 aromatic rings. The van der Waals surface area contributed by atoms with E-state index in [1.165, 1.54) is 0 Å². The SMILES string of the molecule is CC1(COC(=O)NC23CC(NC(=O)COc4ccc(Cl)cc4)(C2)C3)CC1. The Labute approximate surface area is 157 Å². The van der Waals surface area contributed by atoms with Crippen molar-refractivity contribution < 1.29 is 19.1 Å². The van der Waals surface area contributed by atoms with Crippen LogP contribution < -0.4 is 15.4 Å². The summed E-state index contributed by atoms with van der Waals surface area (Å²) >= 11 is 5.81. The fourth-order valence-electron chi connectivity index (χ4n) is 3.91.